The maximum Gasteiger partial charge on any atom is 0.222 e. The Hall–Kier alpha value is -0.840. The van der Waals surface area contributed by atoms with Crippen molar-refractivity contribution >= 4 is 0 Å². The third-order valence-electron chi connectivity index (χ3n) is 7.91. The number of aliphatic hydroxyl groups is 15. The van der Waals surface area contributed by atoms with Crippen molar-refractivity contribution in [3.63, 3.8) is 0 Å². The van der Waals surface area contributed by atoms with Crippen LogP contribution in [0.5, 0.6) is 0 Å². The van der Waals surface area contributed by atoms with Gasteiger partial charge in [-0.2, -0.15) is 0 Å². The highest BCUT2D eigenvalue weighted by Crippen LogP contribution is 2.36. The van der Waals surface area contributed by atoms with Crippen molar-refractivity contribution in [1.29, 1.82) is 0 Å². The summed E-state index contributed by atoms with van der Waals surface area (Å²) in [4.78, 5) is 0. The standard InChI is InChI=1S/C24H44O21/c25-1-7(29)20(12(31)8(30)4-40-22-18(37)16(35)13(32)9(2-26)42-22)45-24(6-28)21(39)15(34)11(44-24)5-41-23-19(38)17(36)14(33)10(3-27)43-23/h7-23,25-39H,1-6H2/t7-,8-,9-,10-,11-,12-,13-,14-,15-,16+,17+,18-,19-,20-,21+,22+,23+,24?/m1/s1. The summed E-state index contributed by atoms with van der Waals surface area (Å²) in [6.07, 6.45) is -30.7. The highest BCUT2D eigenvalue weighted by molar-refractivity contribution is 4.99. The zero-order chi connectivity index (χ0) is 33.8. The van der Waals surface area contributed by atoms with Gasteiger partial charge in [0, 0.05) is 0 Å². The van der Waals surface area contributed by atoms with Crippen LogP contribution in [0.3, 0.4) is 0 Å². The molecule has 21 nitrogen and oxygen atoms in total. The van der Waals surface area contributed by atoms with Gasteiger partial charge in [0.25, 0.3) is 0 Å². The van der Waals surface area contributed by atoms with E-state index in [1.54, 1.807) is 0 Å². The lowest BCUT2D eigenvalue weighted by Gasteiger charge is -2.41. The molecule has 45 heavy (non-hydrogen) atoms. The van der Waals surface area contributed by atoms with Crippen molar-refractivity contribution in [3.8, 4) is 0 Å². The molecular formula is C24H44O21. The van der Waals surface area contributed by atoms with E-state index < -0.39 is 150 Å². The van der Waals surface area contributed by atoms with E-state index in [1.165, 1.54) is 0 Å². The average Bonchev–Trinajstić information content (AvgIpc) is 3.28. The van der Waals surface area contributed by atoms with Crippen LogP contribution in [0.1, 0.15) is 0 Å². The predicted molar refractivity (Wildman–Crippen MR) is 136 cm³/mol. The van der Waals surface area contributed by atoms with E-state index in [9.17, 15) is 76.6 Å². The first-order valence-electron chi connectivity index (χ1n) is 14.0. The van der Waals surface area contributed by atoms with E-state index in [0.29, 0.717) is 0 Å². The van der Waals surface area contributed by atoms with Crippen molar-refractivity contribution in [2.24, 2.45) is 0 Å². The second kappa shape index (κ2) is 16.5. The average molecular weight is 669 g/mol. The molecule has 3 heterocycles. The number of aliphatic hydroxyl groups excluding tert-OH is 15. The summed E-state index contributed by atoms with van der Waals surface area (Å²) in [6, 6.07) is 0. The minimum absolute atomic E-state index is 0.725. The Labute approximate surface area is 255 Å². The highest BCUT2D eigenvalue weighted by atomic mass is 16.8. The fourth-order valence-electron chi connectivity index (χ4n) is 5.08. The zero-order valence-electron chi connectivity index (χ0n) is 23.7. The molecule has 0 amide bonds. The van der Waals surface area contributed by atoms with Crippen LogP contribution in [0.15, 0.2) is 0 Å². The van der Waals surface area contributed by atoms with Crippen LogP contribution < -0.4 is 0 Å². The molecule has 0 aromatic carbocycles. The molecule has 0 spiro atoms. The summed E-state index contributed by atoms with van der Waals surface area (Å²) in [5.41, 5.74) is 0. The molecule has 3 aliphatic heterocycles. The Balaban J connectivity index is 1.68. The Kier molecular flexibility index (Phi) is 14.2. The largest absolute Gasteiger partial charge is 0.394 e. The van der Waals surface area contributed by atoms with Gasteiger partial charge in [-0.15, -0.1) is 0 Å². The van der Waals surface area contributed by atoms with Gasteiger partial charge in [-0.25, -0.2) is 0 Å². The van der Waals surface area contributed by atoms with Crippen molar-refractivity contribution < 1.29 is 105 Å². The molecular weight excluding hydrogens is 624 g/mol. The van der Waals surface area contributed by atoms with Gasteiger partial charge in [0.2, 0.25) is 5.79 Å². The Morgan fingerprint density at radius 2 is 1.11 bits per heavy atom. The van der Waals surface area contributed by atoms with E-state index in [-0.39, 0.29) is 0 Å². The summed E-state index contributed by atoms with van der Waals surface area (Å²) >= 11 is 0. The van der Waals surface area contributed by atoms with Crippen LogP contribution in [0.2, 0.25) is 0 Å². The second-order valence-electron chi connectivity index (χ2n) is 11.0. The number of hydrogen-bond acceptors (Lipinski definition) is 21. The Morgan fingerprint density at radius 3 is 1.58 bits per heavy atom. The molecule has 1 unspecified atom stereocenters. The fraction of sp³-hybridized carbons (Fsp3) is 1.00. The van der Waals surface area contributed by atoms with E-state index >= 15 is 0 Å². The summed E-state index contributed by atoms with van der Waals surface area (Å²) in [6.45, 7) is -5.52. The molecule has 0 aliphatic carbocycles. The molecule has 3 saturated heterocycles. The summed E-state index contributed by atoms with van der Waals surface area (Å²) in [7, 11) is 0. The first-order valence-corrected chi connectivity index (χ1v) is 14.0. The number of hydrogen-bond donors (Lipinski definition) is 15. The van der Waals surface area contributed by atoms with Crippen LogP contribution in [0.4, 0.5) is 0 Å². The van der Waals surface area contributed by atoms with Gasteiger partial charge in [-0.3, -0.25) is 0 Å². The molecule has 266 valence electrons. The van der Waals surface area contributed by atoms with Gasteiger partial charge in [-0.05, 0) is 0 Å². The molecule has 0 saturated carbocycles. The minimum Gasteiger partial charge on any atom is -0.394 e. The lowest BCUT2D eigenvalue weighted by molar-refractivity contribution is -0.333. The van der Waals surface area contributed by atoms with E-state index in [2.05, 4.69) is 0 Å². The van der Waals surface area contributed by atoms with Gasteiger partial charge in [0.05, 0.1) is 33.0 Å². The second-order valence-corrected chi connectivity index (χ2v) is 11.0. The van der Waals surface area contributed by atoms with Crippen molar-refractivity contribution in [3.05, 3.63) is 0 Å². The zero-order valence-corrected chi connectivity index (χ0v) is 23.7. The highest BCUT2D eigenvalue weighted by Gasteiger charge is 2.58. The van der Waals surface area contributed by atoms with Crippen molar-refractivity contribution in [2.75, 3.05) is 39.6 Å². The van der Waals surface area contributed by atoms with E-state index in [0.717, 1.165) is 0 Å². The van der Waals surface area contributed by atoms with Crippen LogP contribution in [0, 0.1) is 0 Å². The Morgan fingerprint density at radius 1 is 0.600 bits per heavy atom. The third kappa shape index (κ3) is 8.25. The maximum atomic E-state index is 10.8. The molecule has 15 N–H and O–H groups in total. The Bertz CT molecular complexity index is 884. The molecule has 0 aromatic rings. The first-order chi connectivity index (χ1) is 21.2. The van der Waals surface area contributed by atoms with Crippen LogP contribution >= 0.6 is 0 Å². The first kappa shape index (κ1) is 38.6. The molecule has 0 bridgehead atoms. The number of rotatable bonds is 15. The van der Waals surface area contributed by atoms with E-state index in [1.807, 2.05) is 0 Å². The summed E-state index contributed by atoms with van der Waals surface area (Å²) in [5.74, 6) is -2.64. The lowest BCUT2D eigenvalue weighted by atomic mass is 9.99. The molecule has 3 aliphatic rings. The third-order valence-corrected chi connectivity index (χ3v) is 7.91. The van der Waals surface area contributed by atoms with Gasteiger partial charge in [0.1, 0.15) is 98.2 Å². The van der Waals surface area contributed by atoms with Crippen LogP contribution in [-0.2, 0) is 28.4 Å². The predicted octanol–water partition coefficient (Wildman–Crippen LogP) is -10.1. The van der Waals surface area contributed by atoms with Crippen LogP contribution in [0.25, 0.3) is 0 Å². The normalized spacial score (nSPS) is 45.3. The SMILES string of the molecule is OC[C@@H](O)[C@@H](OC1(CO)O[C@H](CO[C@H]2O[C@H](CO)[C@@H](O)[C@H](O)[C@H]2O)[C@@H](O)[C@@H]1O)[C@H](O)[C@H](O)CO[C@H]1O[C@H](CO)[C@@H](O)[C@H](O)[C@H]1O. The van der Waals surface area contributed by atoms with Gasteiger partial charge >= 0.3 is 0 Å². The smallest absolute Gasteiger partial charge is 0.222 e. The van der Waals surface area contributed by atoms with Gasteiger partial charge < -0.3 is 105 Å². The van der Waals surface area contributed by atoms with Gasteiger partial charge in [-0.1, -0.05) is 0 Å². The van der Waals surface area contributed by atoms with Crippen molar-refractivity contribution in [1.82, 2.24) is 0 Å². The minimum atomic E-state index is -2.64. The molecule has 3 rings (SSSR count). The van der Waals surface area contributed by atoms with Gasteiger partial charge in [0.15, 0.2) is 12.6 Å². The molecule has 18 atom stereocenters. The molecule has 21 heteroatoms. The summed E-state index contributed by atoms with van der Waals surface area (Å²) < 4.78 is 31.7. The molecule has 0 radical (unpaired) electrons. The summed E-state index contributed by atoms with van der Waals surface area (Å²) in [5, 5.41) is 151. The van der Waals surface area contributed by atoms with E-state index in [4.69, 9.17) is 28.4 Å². The topological polar surface area (TPSA) is 359 Å². The van der Waals surface area contributed by atoms with Crippen LogP contribution in [-0.4, -0.2) is 226 Å². The van der Waals surface area contributed by atoms with Crippen molar-refractivity contribution in [2.45, 2.75) is 110 Å². The molecule has 3 fully saturated rings. The monoisotopic (exact) mass is 668 g/mol. The quantitative estimate of drug-likeness (QED) is 0.0770. The molecule has 0 aromatic heterocycles. The fourth-order valence-corrected chi connectivity index (χ4v) is 5.08. The number of ether oxygens (including phenoxy) is 6. The maximum absolute atomic E-state index is 10.8. The lowest BCUT2D eigenvalue weighted by Crippen LogP contribution is -2.60.